The standard InChI is InChI=1S/C15H31N/c1-4-5-6-7-8-9-13-12-15(2,3)11-10-14(13)16/h13-14H,4-12,16H2,1-3H3. The summed E-state index contributed by atoms with van der Waals surface area (Å²) >= 11 is 0. The van der Waals surface area contributed by atoms with Crippen LogP contribution in [0.5, 0.6) is 0 Å². The van der Waals surface area contributed by atoms with Gasteiger partial charge in [-0.05, 0) is 37.0 Å². The second-order valence-electron chi connectivity index (χ2n) is 6.53. The maximum absolute atomic E-state index is 6.24. The summed E-state index contributed by atoms with van der Waals surface area (Å²) < 4.78 is 0. The van der Waals surface area contributed by atoms with Gasteiger partial charge in [-0.15, -0.1) is 0 Å². The Morgan fingerprint density at radius 1 is 1.12 bits per heavy atom. The van der Waals surface area contributed by atoms with Crippen LogP contribution in [0.15, 0.2) is 0 Å². The zero-order valence-electron chi connectivity index (χ0n) is 11.6. The molecular weight excluding hydrogens is 194 g/mol. The van der Waals surface area contributed by atoms with Gasteiger partial charge in [0.05, 0.1) is 0 Å². The van der Waals surface area contributed by atoms with Crippen LogP contribution in [-0.2, 0) is 0 Å². The van der Waals surface area contributed by atoms with Crippen molar-refractivity contribution in [3.63, 3.8) is 0 Å². The van der Waals surface area contributed by atoms with Gasteiger partial charge in [0.25, 0.3) is 0 Å². The highest BCUT2D eigenvalue weighted by atomic mass is 14.7. The van der Waals surface area contributed by atoms with Crippen LogP contribution in [0.3, 0.4) is 0 Å². The van der Waals surface area contributed by atoms with Crippen molar-refractivity contribution < 1.29 is 0 Å². The van der Waals surface area contributed by atoms with Crippen molar-refractivity contribution in [2.75, 3.05) is 0 Å². The van der Waals surface area contributed by atoms with Crippen LogP contribution >= 0.6 is 0 Å². The van der Waals surface area contributed by atoms with Gasteiger partial charge >= 0.3 is 0 Å². The van der Waals surface area contributed by atoms with Crippen molar-refractivity contribution in [2.24, 2.45) is 17.1 Å². The Morgan fingerprint density at radius 2 is 1.81 bits per heavy atom. The maximum atomic E-state index is 6.24. The Hall–Kier alpha value is -0.0400. The molecule has 0 aromatic carbocycles. The molecule has 1 heteroatoms. The summed E-state index contributed by atoms with van der Waals surface area (Å²) in [7, 11) is 0. The first-order chi connectivity index (χ1) is 7.55. The molecule has 1 fully saturated rings. The van der Waals surface area contributed by atoms with Gasteiger partial charge in [0.15, 0.2) is 0 Å². The predicted molar refractivity (Wildman–Crippen MR) is 72.5 cm³/mol. The first kappa shape index (κ1) is 14.0. The van der Waals surface area contributed by atoms with Crippen molar-refractivity contribution in [3.05, 3.63) is 0 Å². The van der Waals surface area contributed by atoms with Gasteiger partial charge in [0, 0.05) is 6.04 Å². The molecule has 2 atom stereocenters. The highest BCUT2D eigenvalue weighted by Crippen LogP contribution is 2.39. The molecule has 0 aromatic heterocycles. The van der Waals surface area contributed by atoms with Crippen LogP contribution < -0.4 is 5.73 Å². The Morgan fingerprint density at radius 3 is 2.50 bits per heavy atom. The Balaban J connectivity index is 2.18. The molecule has 0 bridgehead atoms. The number of hydrogen-bond acceptors (Lipinski definition) is 1. The van der Waals surface area contributed by atoms with E-state index in [-0.39, 0.29) is 0 Å². The summed E-state index contributed by atoms with van der Waals surface area (Å²) in [6.45, 7) is 7.09. The lowest BCUT2D eigenvalue weighted by atomic mass is 9.69. The van der Waals surface area contributed by atoms with Crippen LogP contribution in [0.4, 0.5) is 0 Å². The van der Waals surface area contributed by atoms with Gasteiger partial charge in [-0.2, -0.15) is 0 Å². The van der Waals surface area contributed by atoms with Crippen molar-refractivity contribution in [1.82, 2.24) is 0 Å². The van der Waals surface area contributed by atoms with Crippen LogP contribution in [0.1, 0.15) is 78.6 Å². The fourth-order valence-corrected chi connectivity index (χ4v) is 3.08. The average Bonchev–Trinajstić information content (AvgIpc) is 2.23. The molecule has 96 valence electrons. The second-order valence-corrected chi connectivity index (χ2v) is 6.53. The van der Waals surface area contributed by atoms with E-state index < -0.39 is 0 Å². The quantitative estimate of drug-likeness (QED) is 0.662. The summed E-state index contributed by atoms with van der Waals surface area (Å²) in [5, 5.41) is 0. The van der Waals surface area contributed by atoms with Gasteiger partial charge in [-0.25, -0.2) is 0 Å². The molecule has 1 rings (SSSR count). The molecule has 1 aliphatic carbocycles. The molecule has 1 saturated carbocycles. The average molecular weight is 225 g/mol. The normalized spacial score (nSPS) is 29.2. The van der Waals surface area contributed by atoms with Gasteiger partial charge < -0.3 is 5.73 Å². The number of rotatable bonds is 6. The minimum absolute atomic E-state index is 0.485. The SMILES string of the molecule is CCCCCCCC1CC(C)(C)CCC1N. The lowest BCUT2D eigenvalue weighted by Crippen LogP contribution is -2.39. The van der Waals surface area contributed by atoms with Gasteiger partial charge in [0.2, 0.25) is 0 Å². The third-order valence-electron chi connectivity index (χ3n) is 4.25. The molecular formula is C15H31N. The summed E-state index contributed by atoms with van der Waals surface area (Å²) in [6, 6.07) is 0.485. The third kappa shape index (κ3) is 4.86. The van der Waals surface area contributed by atoms with Crippen LogP contribution in [0, 0.1) is 11.3 Å². The van der Waals surface area contributed by atoms with E-state index in [9.17, 15) is 0 Å². The van der Waals surface area contributed by atoms with Crippen molar-refractivity contribution in [3.8, 4) is 0 Å². The van der Waals surface area contributed by atoms with Crippen LogP contribution in [0.25, 0.3) is 0 Å². The van der Waals surface area contributed by atoms with Crippen molar-refractivity contribution >= 4 is 0 Å². The highest BCUT2D eigenvalue weighted by molar-refractivity contribution is 4.86. The van der Waals surface area contributed by atoms with Gasteiger partial charge in [-0.3, -0.25) is 0 Å². The van der Waals surface area contributed by atoms with Crippen molar-refractivity contribution in [1.29, 1.82) is 0 Å². The zero-order chi connectivity index (χ0) is 12.0. The van der Waals surface area contributed by atoms with Crippen molar-refractivity contribution in [2.45, 2.75) is 84.6 Å². The number of unbranched alkanes of at least 4 members (excludes halogenated alkanes) is 4. The fraction of sp³-hybridized carbons (Fsp3) is 1.00. The topological polar surface area (TPSA) is 26.0 Å². The fourth-order valence-electron chi connectivity index (χ4n) is 3.08. The van der Waals surface area contributed by atoms with E-state index >= 15 is 0 Å². The smallest absolute Gasteiger partial charge is 0.00675 e. The largest absolute Gasteiger partial charge is 0.327 e. The number of hydrogen-bond donors (Lipinski definition) is 1. The molecule has 0 aliphatic heterocycles. The van der Waals surface area contributed by atoms with E-state index in [0.717, 1.165) is 5.92 Å². The Bertz CT molecular complexity index is 186. The van der Waals surface area contributed by atoms with E-state index in [1.165, 1.54) is 57.8 Å². The maximum Gasteiger partial charge on any atom is 0.00675 e. The van der Waals surface area contributed by atoms with E-state index in [0.29, 0.717) is 11.5 Å². The third-order valence-corrected chi connectivity index (χ3v) is 4.25. The minimum atomic E-state index is 0.485. The summed E-state index contributed by atoms with van der Waals surface area (Å²) in [6.07, 6.45) is 12.3. The minimum Gasteiger partial charge on any atom is -0.327 e. The predicted octanol–water partition coefficient (Wildman–Crippen LogP) is 4.50. The molecule has 0 spiro atoms. The van der Waals surface area contributed by atoms with Crippen LogP contribution in [0.2, 0.25) is 0 Å². The first-order valence-corrected chi connectivity index (χ1v) is 7.31. The monoisotopic (exact) mass is 225 g/mol. The molecule has 2 unspecified atom stereocenters. The number of nitrogens with two attached hydrogens (primary N) is 1. The molecule has 0 heterocycles. The highest BCUT2D eigenvalue weighted by Gasteiger charge is 2.32. The molecule has 0 amide bonds. The first-order valence-electron chi connectivity index (χ1n) is 7.31. The van der Waals surface area contributed by atoms with Gasteiger partial charge in [0.1, 0.15) is 0 Å². The Kier molecular flexibility index (Phi) is 5.82. The zero-order valence-corrected chi connectivity index (χ0v) is 11.6. The van der Waals surface area contributed by atoms with E-state index in [4.69, 9.17) is 5.73 Å². The molecule has 2 N–H and O–H groups in total. The van der Waals surface area contributed by atoms with Gasteiger partial charge in [-0.1, -0.05) is 52.9 Å². The van der Waals surface area contributed by atoms with E-state index in [1.807, 2.05) is 0 Å². The lowest BCUT2D eigenvalue weighted by molar-refractivity contribution is 0.148. The lowest BCUT2D eigenvalue weighted by Gasteiger charge is -2.39. The Labute approximate surface area is 102 Å². The molecule has 1 aliphatic rings. The molecule has 0 radical (unpaired) electrons. The summed E-state index contributed by atoms with van der Waals surface area (Å²) in [5.41, 5.74) is 6.79. The molecule has 0 saturated heterocycles. The summed E-state index contributed by atoms with van der Waals surface area (Å²) in [4.78, 5) is 0. The second kappa shape index (κ2) is 6.64. The van der Waals surface area contributed by atoms with E-state index in [1.54, 1.807) is 0 Å². The molecule has 0 aromatic rings. The van der Waals surface area contributed by atoms with E-state index in [2.05, 4.69) is 20.8 Å². The summed E-state index contributed by atoms with van der Waals surface area (Å²) in [5.74, 6) is 0.797. The molecule has 16 heavy (non-hydrogen) atoms. The molecule has 1 nitrogen and oxygen atoms in total. The van der Waals surface area contributed by atoms with Crippen LogP contribution in [-0.4, -0.2) is 6.04 Å².